The van der Waals surface area contributed by atoms with Gasteiger partial charge in [0.25, 0.3) is 0 Å². The number of aryl methyl sites for hydroxylation is 1. The van der Waals surface area contributed by atoms with Crippen LogP contribution in [0.3, 0.4) is 0 Å². The van der Waals surface area contributed by atoms with Crippen molar-refractivity contribution >= 4 is 9.84 Å². The molecule has 0 N–H and O–H groups in total. The highest BCUT2D eigenvalue weighted by Crippen LogP contribution is 2.34. The van der Waals surface area contributed by atoms with Crippen LogP contribution in [-0.2, 0) is 9.84 Å². The van der Waals surface area contributed by atoms with Crippen molar-refractivity contribution < 1.29 is 8.42 Å². The Kier molecular flexibility index (Phi) is 4.80. The third-order valence-electron chi connectivity index (χ3n) is 4.65. The van der Waals surface area contributed by atoms with Gasteiger partial charge in [-0.25, -0.2) is 8.42 Å². The fourth-order valence-electron chi connectivity index (χ4n) is 3.13. The van der Waals surface area contributed by atoms with Gasteiger partial charge >= 0.3 is 0 Å². The van der Waals surface area contributed by atoms with Crippen LogP contribution < -0.4 is 0 Å². The first kappa shape index (κ1) is 18.1. The minimum Gasteiger partial charge on any atom is -0.256 e. The van der Waals surface area contributed by atoms with Gasteiger partial charge in [-0.2, -0.15) is 0 Å². The molecule has 0 unspecified atom stereocenters. The maximum Gasteiger partial charge on any atom is 0.207 e. The molecule has 0 amide bonds. The standard InChI is InChI=1S/C24H19NO2S/c1-18-10-13-21(14-11-18)28(26,27)24-17-20(19-7-3-2-4-8-19)12-15-22(24)23-9-5-6-16-25-23/h2-17H,1H3. The number of aromatic nitrogens is 1. The number of nitrogens with zero attached hydrogens (tertiary/aromatic N) is 1. The summed E-state index contributed by atoms with van der Waals surface area (Å²) in [6.07, 6.45) is 1.67. The summed E-state index contributed by atoms with van der Waals surface area (Å²) in [6, 6.07) is 27.7. The van der Waals surface area contributed by atoms with Crippen molar-refractivity contribution in [2.24, 2.45) is 0 Å². The zero-order chi connectivity index (χ0) is 19.6. The van der Waals surface area contributed by atoms with E-state index in [2.05, 4.69) is 4.98 Å². The molecule has 0 saturated heterocycles. The lowest BCUT2D eigenvalue weighted by Gasteiger charge is -2.13. The van der Waals surface area contributed by atoms with Crippen molar-refractivity contribution in [1.82, 2.24) is 4.98 Å². The highest BCUT2D eigenvalue weighted by molar-refractivity contribution is 7.91. The highest BCUT2D eigenvalue weighted by Gasteiger charge is 2.23. The molecule has 0 aliphatic rings. The average molecular weight is 385 g/mol. The summed E-state index contributed by atoms with van der Waals surface area (Å²) in [5, 5.41) is 0. The Morgan fingerprint density at radius 2 is 1.43 bits per heavy atom. The Bertz CT molecular complexity index is 1200. The summed E-state index contributed by atoms with van der Waals surface area (Å²) in [7, 11) is -3.71. The summed E-state index contributed by atoms with van der Waals surface area (Å²) in [5.41, 5.74) is 4.07. The van der Waals surface area contributed by atoms with E-state index in [4.69, 9.17) is 0 Å². The van der Waals surface area contributed by atoms with Crippen molar-refractivity contribution in [3.63, 3.8) is 0 Å². The zero-order valence-electron chi connectivity index (χ0n) is 15.4. The van der Waals surface area contributed by atoms with Gasteiger partial charge in [0.05, 0.1) is 15.5 Å². The Morgan fingerprint density at radius 1 is 0.714 bits per heavy atom. The number of benzene rings is 3. The molecule has 0 radical (unpaired) electrons. The number of hydrogen-bond acceptors (Lipinski definition) is 3. The predicted molar refractivity (Wildman–Crippen MR) is 112 cm³/mol. The third kappa shape index (κ3) is 3.47. The Balaban J connectivity index is 1.95. The summed E-state index contributed by atoms with van der Waals surface area (Å²) >= 11 is 0. The summed E-state index contributed by atoms with van der Waals surface area (Å²) in [6.45, 7) is 1.94. The van der Waals surface area contributed by atoms with E-state index >= 15 is 0 Å². The Labute approximate surface area is 165 Å². The quantitative estimate of drug-likeness (QED) is 0.462. The van der Waals surface area contributed by atoms with Crippen LogP contribution in [0.25, 0.3) is 22.4 Å². The molecule has 0 atom stereocenters. The first-order valence-electron chi connectivity index (χ1n) is 8.98. The van der Waals surface area contributed by atoms with Crippen molar-refractivity contribution in [2.75, 3.05) is 0 Å². The van der Waals surface area contributed by atoms with Crippen LogP contribution in [0.4, 0.5) is 0 Å². The molecular formula is C24H19NO2S. The van der Waals surface area contributed by atoms with Crippen molar-refractivity contribution in [2.45, 2.75) is 16.7 Å². The van der Waals surface area contributed by atoms with Crippen LogP contribution >= 0.6 is 0 Å². The van der Waals surface area contributed by atoms with Crippen LogP contribution in [0, 0.1) is 6.92 Å². The van der Waals surface area contributed by atoms with E-state index in [1.807, 2.05) is 79.7 Å². The van der Waals surface area contributed by atoms with Crippen molar-refractivity contribution in [3.05, 3.63) is 103 Å². The molecule has 138 valence electrons. The Hall–Kier alpha value is -3.24. The van der Waals surface area contributed by atoms with E-state index < -0.39 is 9.84 Å². The minimum absolute atomic E-state index is 0.261. The summed E-state index contributed by atoms with van der Waals surface area (Å²) < 4.78 is 27.0. The zero-order valence-corrected chi connectivity index (χ0v) is 16.2. The summed E-state index contributed by atoms with van der Waals surface area (Å²) in [4.78, 5) is 4.91. The van der Waals surface area contributed by atoms with Gasteiger partial charge < -0.3 is 0 Å². The lowest BCUT2D eigenvalue weighted by Crippen LogP contribution is -2.05. The SMILES string of the molecule is Cc1ccc(S(=O)(=O)c2cc(-c3ccccc3)ccc2-c2ccccn2)cc1. The smallest absolute Gasteiger partial charge is 0.207 e. The minimum atomic E-state index is -3.71. The van der Waals surface area contributed by atoms with Gasteiger partial charge in [0.15, 0.2) is 0 Å². The van der Waals surface area contributed by atoms with Gasteiger partial charge in [0.1, 0.15) is 0 Å². The molecule has 28 heavy (non-hydrogen) atoms. The first-order chi connectivity index (χ1) is 13.6. The topological polar surface area (TPSA) is 47.0 Å². The van der Waals surface area contributed by atoms with Gasteiger partial charge in [-0.1, -0.05) is 66.2 Å². The lowest BCUT2D eigenvalue weighted by molar-refractivity contribution is 0.596. The molecule has 4 heteroatoms. The van der Waals surface area contributed by atoms with Gasteiger partial charge in [-0.15, -0.1) is 0 Å². The molecule has 0 fully saturated rings. The molecule has 1 aromatic heterocycles. The summed E-state index contributed by atoms with van der Waals surface area (Å²) in [5.74, 6) is 0. The second kappa shape index (κ2) is 7.41. The molecule has 3 nitrogen and oxygen atoms in total. The molecule has 4 rings (SSSR count). The molecule has 0 bridgehead atoms. The van der Waals surface area contributed by atoms with E-state index in [9.17, 15) is 8.42 Å². The van der Waals surface area contributed by atoms with Crippen LogP contribution in [0.15, 0.2) is 107 Å². The predicted octanol–water partition coefficient (Wildman–Crippen LogP) is 5.56. The fraction of sp³-hybridized carbons (Fsp3) is 0.0417. The molecule has 1 heterocycles. The second-order valence-electron chi connectivity index (χ2n) is 6.61. The van der Waals surface area contributed by atoms with Gasteiger partial charge in [0.2, 0.25) is 9.84 Å². The van der Waals surface area contributed by atoms with E-state index in [1.165, 1.54) is 0 Å². The van der Waals surface area contributed by atoms with Gasteiger partial charge in [0, 0.05) is 11.8 Å². The second-order valence-corrected chi connectivity index (χ2v) is 8.53. The van der Waals surface area contributed by atoms with Gasteiger partial charge in [-0.3, -0.25) is 4.98 Å². The molecule has 0 saturated carbocycles. The largest absolute Gasteiger partial charge is 0.256 e. The number of hydrogen-bond donors (Lipinski definition) is 0. The Morgan fingerprint density at radius 3 is 2.11 bits per heavy atom. The molecule has 3 aromatic carbocycles. The van der Waals surface area contributed by atoms with Crippen LogP contribution in [-0.4, -0.2) is 13.4 Å². The number of rotatable bonds is 4. The van der Waals surface area contributed by atoms with Crippen LogP contribution in [0.1, 0.15) is 5.56 Å². The maximum atomic E-state index is 13.5. The van der Waals surface area contributed by atoms with Crippen molar-refractivity contribution in [3.8, 4) is 22.4 Å². The first-order valence-corrected chi connectivity index (χ1v) is 10.5. The molecule has 0 aliphatic heterocycles. The molecule has 4 aromatic rings. The molecule has 0 spiro atoms. The van der Waals surface area contributed by atoms with E-state index in [0.29, 0.717) is 11.3 Å². The van der Waals surface area contributed by atoms with Crippen LogP contribution in [0.2, 0.25) is 0 Å². The molecular weight excluding hydrogens is 366 g/mol. The molecule has 0 aliphatic carbocycles. The normalized spacial score (nSPS) is 11.3. The highest BCUT2D eigenvalue weighted by atomic mass is 32.2. The van der Waals surface area contributed by atoms with E-state index in [-0.39, 0.29) is 9.79 Å². The monoisotopic (exact) mass is 385 g/mol. The van der Waals surface area contributed by atoms with Crippen molar-refractivity contribution in [1.29, 1.82) is 0 Å². The van der Waals surface area contributed by atoms with Gasteiger partial charge in [-0.05, 0) is 48.4 Å². The van der Waals surface area contributed by atoms with E-state index in [0.717, 1.165) is 16.7 Å². The lowest BCUT2D eigenvalue weighted by atomic mass is 10.0. The average Bonchev–Trinajstić information content (AvgIpc) is 2.75. The van der Waals surface area contributed by atoms with Crippen LogP contribution in [0.5, 0.6) is 0 Å². The fourth-order valence-corrected chi connectivity index (χ4v) is 4.63. The third-order valence-corrected chi connectivity index (χ3v) is 6.46. The maximum absolute atomic E-state index is 13.5. The number of pyridine rings is 1. The number of sulfone groups is 1. The van der Waals surface area contributed by atoms with E-state index in [1.54, 1.807) is 24.4 Å².